The second-order valence-corrected chi connectivity index (χ2v) is 9.86. The number of hydrogen-bond donors (Lipinski definition) is 3. The third-order valence-electron chi connectivity index (χ3n) is 7.61. The van der Waals surface area contributed by atoms with Gasteiger partial charge in [-0.25, -0.2) is 15.0 Å². The van der Waals surface area contributed by atoms with Crippen LogP contribution in [0.1, 0.15) is 29.3 Å². The first-order valence-corrected chi connectivity index (χ1v) is 13.3. The van der Waals surface area contributed by atoms with Gasteiger partial charge < -0.3 is 29.7 Å². The van der Waals surface area contributed by atoms with Crippen LogP contribution < -0.4 is 14.8 Å². The van der Waals surface area contributed by atoms with Gasteiger partial charge in [0.1, 0.15) is 35.7 Å². The lowest BCUT2D eigenvalue weighted by molar-refractivity contribution is -0.0432. The lowest BCUT2D eigenvalue weighted by Gasteiger charge is -2.37. The predicted octanol–water partition coefficient (Wildman–Crippen LogP) is 3.89. The first-order chi connectivity index (χ1) is 20.1. The Bertz CT molecular complexity index is 1560. The van der Waals surface area contributed by atoms with E-state index in [0.717, 1.165) is 28.2 Å². The molecule has 210 valence electrons. The molecule has 3 heterocycles. The summed E-state index contributed by atoms with van der Waals surface area (Å²) in [5.41, 5.74) is 3.08. The van der Waals surface area contributed by atoms with Gasteiger partial charge in [-0.05, 0) is 41.0 Å². The third-order valence-corrected chi connectivity index (χ3v) is 7.61. The molecule has 3 aromatic carbocycles. The quantitative estimate of drug-likeness (QED) is 0.233. The number of imidazole rings is 1. The van der Waals surface area contributed by atoms with Gasteiger partial charge in [0.15, 0.2) is 17.0 Å². The number of fused-ring (bicyclic) bond motifs is 1. The number of nitrogens with one attached hydrogen (secondary N) is 1. The largest absolute Gasteiger partial charge is 0.497 e. The molecule has 1 aliphatic rings. The zero-order valence-electron chi connectivity index (χ0n) is 22.7. The molecule has 0 unspecified atom stereocenters. The van der Waals surface area contributed by atoms with Crippen molar-refractivity contribution in [1.82, 2.24) is 19.5 Å². The summed E-state index contributed by atoms with van der Waals surface area (Å²) in [7, 11) is 3.29. The van der Waals surface area contributed by atoms with Crippen molar-refractivity contribution in [1.29, 1.82) is 0 Å². The van der Waals surface area contributed by atoms with Crippen molar-refractivity contribution in [2.75, 3.05) is 26.1 Å². The summed E-state index contributed by atoms with van der Waals surface area (Å²) in [5.74, 6) is 2.00. The average Bonchev–Trinajstić information content (AvgIpc) is 3.64. The van der Waals surface area contributed by atoms with Gasteiger partial charge in [0.25, 0.3) is 0 Å². The molecule has 1 fully saturated rings. The Hall–Kier alpha value is -4.51. The summed E-state index contributed by atoms with van der Waals surface area (Å²) in [6, 6.07) is 26.0. The van der Waals surface area contributed by atoms with E-state index < -0.39 is 24.0 Å². The summed E-state index contributed by atoms with van der Waals surface area (Å²) in [6.07, 6.45) is 1.47. The van der Waals surface area contributed by atoms with E-state index in [4.69, 9.17) is 14.2 Å². The molecule has 0 aliphatic carbocycles. The number of nitrogens with zero attached hydrogens (tertiary/aromatic N) is 4. The minimum Gasteiger partial charge on any atom is -0.497 e. The number of aliphatic hydroxyl groups is 2. The second kappa shape index (κ2) is 11.2. The zero-order chi connectivity index (χ0) is 28.4. The fourth-order valence-electron chi connectivity index (χ4n) is 5.47. The zero-order valence-corrected chi connectivity index (χ0v) is 22.7. The van der Waals surface area contributed by atoms with Gasteiger partial charge in [0, 0.05) is 6.42 Å². The maximum absolute atomic E-state index is 10.3. The number of hydrogen-bond acceptors (Lipinski definition) is 9. The maximum Gasteiger partial charge on any atom is 0.167 e. The van der Waals surface area contributed by atoms with E-state index >= 15 is 0 Å². The van der Waals surface area contributed by atoms with Gasteiger partial charge in [0.2, 0.25) is 0 Å². The number of anilines is 1. The average molecular weight is 554 g/mol. The van der Waals surface area contributed by atoms with E-state index in [9.17, 15) is 10.2 Å². The van der Waals surface area contributed by atoms with Crippen LogP contribution in [-0.4, -0.2) is 62.8 Å². The van der Waals surface area contributed by atoms with Crippen LogP contribution in [0, 0.1) is 0 Å². The molecule has 5 aromatic rings. The van der Waals surface area contributed by atoms with Crippen LogP contribution in [0.3, 0.4) is 0 Å². The Morgan fingerprint density at radius 2 is 1.49 bits per heavy atom. The van der Waals surface area contributed by atoms with E-state index in [2.05, 4.69) is 32.4 Å². The molecular formula is C31H31N5O5. The van der Waals surface area contributed by atoms with Crippen molar-refractivity contribution < 1.29 is 24.4 Å². The molecule has 41 heavy (non-hydrogen) atoms. The highest BCUT2D eigenvalue weighted by Crippen LogP contribution is 2.42. The van der Waals surface area contributed by atoms with Crippen LogP contribution in [-0.2, 0) is 10.3 Å². The van der Waals surface area contributed by atoms with Crippen LogP contribution in [0.25, 0.3) is 11.2 Å². The Morgan fingerprint density at radius 1 is 0.878 bits per heavy atom. The highest BCUT2D eigenvalue weighted by Gasteiger charge is 2.39. The topological polar surface area (TPSA) is 124 Å². The smallest absolute Gasteiger partial charge is 0.167 e. The summed E-state index contributed by atoms with van der Waals surface area (Å²) in [6.45, 7) is -0.268. The molecule has 0 spiro atoms. The molecular weight excluding hydrogens is 522 g/mol. The SMILES string of the molecule is COc1ccc(C(Nc2ncnc3c2ncn3[C@H]2C[C@H](O)[C@@H](CO)O2)(c2ccccc2)c2ccc(OC)cc2)cc1. The van der Waals surface area contributed by atoms with Crippen LogP contribution in [0.4, 0.5) is 5.82 Å². The second-order valence-electron chi connectivity index (χ2n) is 9.86. The molecule has 1 saturated heterocycles. The van der Waals surface area contributed by atoms with Gasteiger partial charge in [-0.1, -0.05) is 54.6 Å². The lowest BCUT2D eigenvalue weighted by Crippen LogP contribution is -2.38. The number of ether oxygens (including phenoxy) is 3. The normalized spacial score (nSPS) is 18.9. The summed E-state index contributed by atoms with van der Waals surface area (Å²) < 4.78 is 18.6. The van der Waals surface area contributed by atoms with E-state index in [-0.39, 0.29) is 6.61 Å². The van der Waals surface area contributed by atoms with Gasteiger partial charge in [-0.15, -0.1) is 0 Å². The van der Waals surface area contributed by atoms with Crippen molar-refractivity contribution in [2.45, 2.75) is 30.4 Å². The van der Waals surface area contributed by atoms with E-state index in [1.54, 1.807) is 25.1 Å². The van der Waals surface area contributed by atoms with Gasteiger partial charge >= 0.3 is 0 Å². The highest BCUT2D eigenvalue weighted by molar-refractivity contribution is 5.84. The van der Waals surface area contributed by atoms with Crippen LogP contribution in [0.2, 0.25) is 0 Å². The van der Waals surface area contributed by atoms with E-state index in [1.807, 2.05) is 66.7 Å². The van der Waals surface area contributed by atoms with Gasteiger partial charge in [0.05, 0.1) is 33.3 Å². The van der Waals surface area contributed by atoms with Crippen LogP contribution in [0.5, 0.6) is 11.5 Å². The minimum atomic E-state index is -0.896. The molecule has 10 heteroatoms. The highest BCUT2D eigenvalue weighted by atomic mass is 16.5. The van der Waals surface area contributed by atoms with Crippen molar-refractivity contribution in [3.8, 4) is 11.5 Å². The lowest BCUT2D eigenvalue weighted by atomic mass is 9.77. The van der Waals surface area contributed by atoms with Gasteiger partial charge in [-0.3, -0.25) is 4.57 Å². The monoisotopic (exact) mass is 553 g/mol. The predicted molar refractivity (Wildman–Crippen MR) is 153 cm³/mol. The van der Waals surface area contributed by atoms with Gasteiger partial charge in [-0.2, -0.15) is 0 Å². The van der Waals surface area contributed by atoms with Crippen LogP contribution in [0.15, 0.2) is 91.5 Å². The molecule has 10 nitrogen and oxygen atoms in total. The fraction of sp³-hybridized carbons (Fsp3) is 0.258. The molecule has 6 rings (SSSR count). The number of methoxy groups -OCH3 is 2. The maximum atomic E-state index is 10.3. The summed E-state index contributed by atoms with van der Waals surface area (Å²) in [5, 5.41) is 23.6. The Balaban J connectivity index is 1.53. The van der Waals surface area contributed by atoms with Crippen molar-refractivity contribution >= 4 is 17.0 Å². The molecule has 0 amide bonds. The Morgan fingerprint density at radius 3 is 2.05 bits per heavy atom. The number of rotatable bonds is 9. The molecule has 3 atom stereocenters. The molecule has 2 aromatic heterocycles. The minimum absolute atomic E-state index is 0.268. The number of benzene rings is 3. The molecule has 0 bridgehead atoms. The molecule has 1 aliphatic heterocycles. The Labute approximate surface area is 237 Å². The van der Waals surface area contributed by atoms with Crippen molar-refractivity contribution in [3.63, 3.8) is 0 Å². The molecule has 0 radical (unpaired) electrons. The molecule has 0 saturated carbocycles. The first-order valence-electron chi connectivity index (χ1n) is 13.3. The summed E-state index contributed by atoms with van der Waals surface area (Å²) in [4.78, 5) is 13.8. The van der Waals surface area contributed by atoms with E-state index in [1.165, 1.54) is 6.33 Å². The van der Waals surface area contributed by atoms with E-state index in [0.29, 0.717) is 23.4 Å². The Kier molecular flexibility index (Phi) is 7.27. The fourth-order valence-corrected chi connectivity index (χ4v) is 5.47. The number of aromatic nitrogens is 4. The number of aliphatic hydroxyl groups excluding tert-OH is 2. The van der Waals surface area contributed by atoms with Crippen molar-refractivity contribution in [3.05, 3.63) is 108 Å². The third kappa shape index (κ3) is 4.76. The summed E-state index contributed by atoms with van der Waals surface area (Å²) >= 11 is 0. The van der Waals surface area contributed by atoms with Crippen LogP contribution >= 0.6 is 0 Å². The standard InChI is InChI=1S/C31H31N5O5/c1-39-23-12-8-21(9-13-23)31(20-6-4-3-5-7-20,22-10-14-24(40-2)15-11-22)35-29-28-30(33-18-32-29)36(19-34-28)27-16-25(38)26(17-37)41-27/h3-15,18-19,25-27,37-38H,16-17H2,1-2H3,(H,32,33,35)/t25-,26+,27+/m0/s1. The molecule has 3 N–H and O–H groups in total. The first kappa shape index (κ1) is 26.7. The van der Waals surface area contributed by atoms with Crippen molar-refractivity contribution in [2.24, 2.45) is 0 Å².